The molecule has 0 bridgehead atoms. The minimum absolute atomic E-state index is 0.0260. The zero-order valence-electron chi connectivity index (χ0n) is 17.7. The molecule has 5 rings (SSSR count). The summed E-state index contributed by atoms with van der Waals surface area (Å²) in [7, 11) is 1.52. The molecule has 0 atom stereocenters. The van der Waals surface area contributed by atoms with Crippen LogP contribution in [0.15, 0.2) is 23.1 Å². The van der Waals surface area contributed by atoms with Crippen molar-refractivity contribution in [3.05, 3.63) is 45.5 Å². The predicted molar refractivity (Wildman–Crippen MR) is 114 cm³/mol. The molecule has 1 spiro atoms. The minimum atomic E-state index is -0.138. The van der Waals surface area contributed by atoms with Crippen LogP contribution < -0.4 is 15.2 Å². The number of amides is 1. The van der Waals surface area contributed by atoms with Crippen LogP contribution in [0.1, 0.15) is 40.9 Å². The molecule has 1 amide bonds. The van der Waals surface area contributed by atoms with E-state index in [1.54, 1.807) is 18.3 Å². The van der Waals surface area contributed by atoms with E-state index in [0.29, 0.717) is 43.7 Å². The molecule has 2 aliphatic heterocycles. The largest absolute Gasteiger partial charge is 0.480 e. The Labute approximate surface area is 180 Å². The maximum Gasteiger partial charge on any atom is 0.259 e. The van der Waals surface area contributed by atoms with E-state index in [1.165, 1.54) is 7.11 Å². The highest BCUT2D eigenvalue weighted by Crippen LogP contribution is 2.44. The van der Waals surface area contributed by atoms with Crippen LogP contribution in [-0.4, -0.2) is 72.3 Å². The number of carbonyl (C=O) groups excluding carboxylic acids is 1. The summed E-state index contributed by atoms with van der Waals surface area (Å²) in [5, 5.41) is 0. The van der Waals surface area contributed by atoms with Crippen molar-refractivity contribution in [2.75, 3.05) is 51.4 Å². The first-order chi connectivity index (χ1) is 15.1. The van der Waals surface area contributed by atoms with E-state index in [-0.39, 0.29) is 16.9 Å². The number of nitrogens with zero attached hydrogens (tertiary/aromatic N) is 4. The lowest BCUT2D eigenvalue weighted by molar-refractivity contribution is 0.0659. The van der Waals surface area contributed by atoms with Crippen LogP contribution in [0.2, 0.25) is 0 Å². The Morgan fingerprint density at radius 2 is 1.97 bits per heavy atom. The second kappa shape index (κ2) is 7.96. The fourth-order valence-corrected chi connectivity index (χ4v) is 5.08. The summed E-state index contributed by atoms with van der Waals surface area (Å²) in [6.07, 6.45) is 4.86. The van der Waals surface area contributed by atoms with Crippen molar-refractivity contribution < 1.29 is 14.3 Å². The lowest BCUT2D eigenvalue weighted by Gasteiger charge is -2.39. The van der Waals surface area contributed by atoms with Crippen LogP contribution >= 0.6 is 0 Å². The number of ether oxygens (including phenoxy) is 2. The number of pyridine rings is 1. The van der Waals surface area contributed by atoms with E-state index in [0.717, 1.165) is 50.0 Å². The lowest BCUT2D eigenvalue weighted by Crippen LogP contribution is -2.45. The van der Waals surface area contributed by atoms with E-state index >= 15 is 0 Å². The van der Waals surface area contributed by atoms with E-state index < -0.39 is 0 Å². The zero-order valence-corrected chi connectivity index (χ0v) is 17.7. The van der Waals surface area contributed by atoms with Gasteiger partial charge in [-0.15, -0.1) is 0 Å². The van der Waals surface area contributed by atoms with Gasteiger partial charge in [0.05, 0.1) is 26.0 Å². The molecule has 9 heteroatoms. The zero-order chi connectivity index (χ0) is 21.4. The summed E-state index contributed by atoms with van der Waals surface area (Å²) in [5.74, 6) is 0.931. The highest BCUT2D eigenvalue weighted by atomic mass is 16.5. The molecule has 31 heavy (non-hydrogen) atoms. The third-order valence-corrected chi connectivity index (χ3v) is 6.87. The van der Waals surface area contributed by atoms with Crippen molar-refractivity contribution in [2.24, 2.45) is 0 Å². The Bertz CT molecular complexity index is 1040. The number of hydrogen-bond donors (Lipinski definition) is 1. The number of fused-ring (bicyclic) bond motifs is 2. The number of morpholine rings is 1. The van der Waals surface area contributed by atoms with E-state index in [4.69, 9.17) is 14.5 Å². The van der Waals surface area contributed by atoms with E-state index in [2.05, 4.69) is 14.9 Å². The molecule has 0 aromatic carbocycles. The van der Waals surface area contributed by atoms with Crippen LogP contribution in [0.3, 0.4) is 0 Å². The molecule has 164 valence electrons. The highest BCUT2D eigenvalue weighted by molar-refractivity contribution is 5.96. The minimum Gasteiger partial charge on any atom is -0.480 e. The SMILES string of the molecule is COc1ncccc1C(=O)N1CCC2(CCc3c2nc(N2CCOCC2)[nH]c3=O)CC1. The quantitative estimate of drug-likeness (QED) is 0.787. The monoisotopic (exact) mass is 425 g/mol. The van der Waals surface area contributed by atoms with Crippen molar-refractivity contribution in [1.29, 1.82) is 0 Å². The summed E-state index contributed by atoms with van der Waals surface area (Å²) in [6, 6.07) is 3.50. The van der Waals surface area contributed by atoms with Crippen LogP contribution in [0.5, 0.6) is 5.88 Å². The average Bonchev–Trinajstić information content (AvgIpc) is 3.18. The van der Waals surface area contributed by atoms with Gasteiger partial charge in [-0.3, -0.25) is 14.6 Å². The molecule has 2 aromatic rings. The second-order valence-corrected chi connectivity index (χ2v) is 8.45. The van der Waals surface area contributed by atoms with E-state index in [1.807, 2.05) is 4.90 Å². The molecule has 0 unspecified atom stereocenters. The number of aromatic nitrogens is 3. The van der Waals surface area contributed by atoms with Gasteiger partial charge in [0, 0.05) is 43.4 Å². The number of aromatic amines is 1. The number of likely N-dealkylation sites (tertiary alicyclic amines) is 1. The van der Waals surface area contributed by atoms with Crippen molar-refractivity contribution in [1.82, 2.24) is 19.9 Å². The fourth-order valence-electron chi connectivity index (χ4n) is 5.08. The van der Waals surface area contributed by atoms with Crippen molar-refractivity contribution in [3.8, 4) is 5.88 Å². The average molecular weight is 425 g/mol. The predicted octanol–water partition coefficient (Wildman–Crippen LogP) is 1.13. The molecule has 1 aliphatic carbocycles. The summed E-state index contributed by atoms with van der Waals surface area (Å²) >= 11 is 0. The molecule has 2 fully saturated rings. The molecule has 1 N–H and O–H groups in total. The van der Waals surface area contributed by atoms with Gasteiger partial charge in [-0.25, -0.2) is 9.97 Å². The maximum atomic E-state index is 13.1. The molecule has 4 heterocycles. The van der Waals surface area contributed by atoms with Gasteiger partial charge < -0.3 is 19.3 Å². The molecule has 9 nitrogen and oxygen atoms in total. The summed E-state index contributed by atoms with van der Waals surface area (Å²) < 4.78 is 10.7. The molecule has 2 aromatic heterocycles. The molecular weight excluding hydrogens is 398 g/mol. The third-order valence-electron chi connectivity index (χ3n) is 6.87. The number of hydrogen-bond acceptors (Lipinski definition) is 7. The third kappa shape index (κ3) is 3.46. The van der Waals surface area contributed by atoms with Crippen LogP contribution in [0.25, 0.3) is 0 Å². The van der Waals surface area contributed by atoms with Gasteiger partial charge in [0.25, 0.3) is 11.5 Å². The molecular formula is C22H27N5O4. The standard InChI is InChI=1S/C22H27N5O4/c1-30-19-16(3-2-8-23-19)20(29)26-9-6-22(7-10-26)5-4-15-17(22)24-21(25-18(15)28)27-11-13-31-14-12-27/h2-3,8H,4-7,9-14H2,1H3,(H,24,25,28). The molecule has 0 saturated carbocycles. The van der Waals surface area contributed by atoms with E-state index in [9.17, 15) is 9.59 Å². The fraction of sp³-hybridized carbons (Fsp3) is 0.545. The Hall–Kier alpha value is -2.94. The number of nitrogens with one attached hydrogen (secondary N) is 1. The second-order valence-electron chi connectivity index (χ2n) is 8.45. The van der Waals surface area contributed by atoms with Gasteiger partial charge in [-0.2, -0.15) is 0 Å². The number of methoxy groups -OCH3 is 1. The Balaban J connectivity index is 1.37. The number of H-pyrrole nitrogens is 1. The number of piperidine rings is 1. The maximum absolute atomic E-state index is 13.1. The van der Waals surface area contributed by atoms with Gasteiger partial charge in [-0.1, -0.05) is 0 Å². The van der Waals surface area contributed by atoms with Gasteiger partial charge in [0.2, 0.25) is 11.8 Å². The van der Waals surface area contributed by atoms with Crippen molar-refractivity contribution >= 4 is 11.9 Å². The first-order valence-corrected chi connectivity index (χ1v) is 10.9. The summed E-state index contributed by atoms with van der Waals surface area (Å²) in [4.78, 5) is 41.9. The van der Waals surface area contributed by atoms with Crippen molar-refractivity contribution in [3.63, 3.8) is 0 Å². The molecule has 0 radical (unpaired) electrons. The van der Waals surface area contributed by atoms with Crippen molar-refractivity contribution in [2.45, 2.75) is 31.1 Å². The first-order valence-electron chi connectivity index (χ1n) is 10.9. The Kier molecular flexibility index (Phi) is 5.13. The van der Waals surface area contributed by atoms with Gasteiger partial charge in [0.1, 0.15) is 5.56 Å². The van der Waals surface area contributed by atoms with Gasteiger partial charge >= 0.3 is 0 Å². The number of carbonyl (C=O) groups is 1. The number of rotatable bonds is 3. The topological polar surface area (TPSA) is 101 Å². The normalized spacial score (nSPS) is 20.0. The summed E-state index contributed by atoms with van der Waals surface area (Å²) in [6.45, 7) is 3.98. The van der Waals surface area contributed by atoms with Gasteiger partial charge in [0.15, 0.2) is 0 Å². The Morgan fingerprint density at radius 1 is 1.19 bits per heavy atom. The van der Waals surface area contributed by atoms with Crippen LogP contribution in [0.4, 0.5) is 5.95 Å². The highest BCUT2D eigenvalue weighted by Gasteiger charge is 2.45. The summed E-state index contributed by atoms with van der Waals surface area (Å²) in [5.41, 5.74) is 2.06. The lowest BCUT2D eigenvalue weighted by atomic mass is 9.76. The van der Waals surface area contributed by atoms with Crippen LogP contribution in [-0.2, 0) is 16.6 Å². The smallest absolute Gasteiger partial charge is 0.259 e. The molecule has 3 aliphatic rings. The Morgan fingerprint density at radius 3 is 2.71 bits per heavy atom. The first kappa shape index (κ1) is 20.0. The van der Waals surface area contributed by atoms with Crippen LogP contribution in [0, 0.1) is 0 Å². The number of anilines is 1. The molecule has 2 saturated heterocycles. The van der Waals surface area contributed by atoms with Gasteiger partial charge in [-0.05, 0) is 37.8 Å².